The van der Waals surface area contributed by atoms with Gasteiger partial charge < -0.3 is 4.90 Å². The molecular weight excluding hydrogens is 298 g/mol. The van der Waals surface area contributed by atoms with Gasteiger partial charge >= 0.3 is 0 Å². The third-order valence-electron chi connectivity index (χ3n) is 4.21. The molecule has 0 spiro atoms. The molecule has 0 amide bonds. The Morgan fingerprint density at radius 1 is 1.32 bits per heavy atom. The molecule has 4 rings (SSSR count). The Morgan fingerprint density at radius 2 is 2.18 bits per heavy atom. The van der Waals surface area contributed by atoms with Crippen LogP contribution in [-0.2, 0) is 7.05 Å². The SMILES string of the molecule is Cn1c(C2CCCN2c2cnsn2)nc2ccccc2c1=O. The predicted molar refractivity (Wildman–Crippen MR) is 86.2 cm³/mol. The Bertz CT molecular complexity index is 873. The highest BCUT2D eigenvalue weighted by Gasteiger charge is 2.31. The number of rotatable bonds is 2. The van der Waals surface area contributed by atoms with Crippen molar-refractivity contribution in [3.8, 4) is 0 Å². The van der Waals surface area contributed by atoms with Crippen molar-refractivity contribution in [1.82, 2.24) is 18.3 Å². The van der Waals surface area contributed by atoms with Gasteiger partial charge in [-0.2, -0.15) is 8.75 Å². The van der Waals surface area contributed by atoms with Gasteiger partial charge in [0.1, 0.15) is 5.82 Å². The molecule has 7 heteroatoms. The van der Waals surface area contributed by atoms with Crippen LogP contribution >= 0.6 is 11.7 Å². The van der Waals surface area contributed by atoms with Crippen molar-refractivity contribution in [2.45, 2.75) is 18.9 Å². The largest absolute Gasteiger partial charge is 0.344 e. The first-order chi connectivity index (χ1) is 10.8. The summed E-state index contributed by atoms with van der Waals surface area (Å²) < 4.78 is 10.1. The first-order valence-electron chi connectivity index (χ1n) is 7.25. The fourth-order valence-electron chi connectivity index (χ4n) is 3.13. The molecule has 0 saturated carbocycles. The molecule has 0 aliphatic carbocycles. The van der Waals surface area contributed by atoms with Crippen molar-refractivity contribution in [2.75, 3.05) is 11.4 Å². The fourth-order valence-corrected chi connectivity index (χ4v) is 3.55. The second kappa shape index (κ2) is 5.17. The van der Waals surface area contributed by atoms with E-state index in [4.69, 9.17) is 4.98 Å². The standard InChI is InChI=1S/C15H15N5OS/c1-19-14(17-11-6-3-2-5-10(11)15(19)21)12-7-4-8-20(12)13-9-16-22-18-13/h2-3,5-6,9,12H,4,7-8H2,1H3. The lowest BCUT2D eigenvalue weighted by atomic mass is 10.1. The zero-order valence-corrected chi connectivity index (χ0v) is 13.0. The quantitative estimate of drug-likeness (QED) is 0.725. The number of para-hydroxylation sites is 1. The van der Waals surface area contributed by atoms with E-state index in [1.807, 2.05) is 24.3 Å². The highest BCUT2D eigenvalue weighted by Crippen LogP contribution is 2.34. The maximum atomic E-state index is 12.6. The minimum atomic E-state index is 0.00357. The molecule has 112 valence electrons. The molecule has 22 heavy (non-hydrogen) atoms. The Kier molecular flexibility index (Phi) is 3.15. The van der Waals surface area contributed by atoms with Crippen LogP contribution in [0.1, 0.15) is 24.7 Å². The van der Waals surface area contributed by atoms with E-state index in [9.17, 15) is 4.79 Å². The molecule has 1 aliphatic rings. The lowest BCUT2D eigenvalue weighted by molar-refractivity contribution is 0.608. The summed E-state index contributed by atoms with van der Waals surface area (Å²) in [5, 5.41) is 0.661. The molecule has 1 saturated heterocycles. The van der Waals surface area contributed by atoms with E-state index in [-0.39, 0.29) is 11.6 Å². The number of hydrogen-bond donors (Lipinski definition) is 0. The number of anilines is 1. The van der Waals surface area contributed by atoms with Crippen molar-refractivity contribution < 1.29 is 0 Å². The van der Waals surface area contributed by atoms with E-state index >= 15 is 0 Å². The first kappa shape index (κ1) is 13.4. The molecule has 3 heterocycles. The number of aromatic nitrogens is 4. The van der Waals surface area contributed by atoms with Gasteiger partial charge in [0, 0.05) is 13.6 Å². The van der Waals surface area contributed by atoms with Crippen molar-refractivity contribution >= 4 is 28.4 Å². The summed E-state index contributed by atoms with van der Waals surface area (Å²) in [4.78, 5) is 19.5. The molecule has 1 aromatic carbocycles. The second-order valence-electron chi connectivity index (χ2n) is 5.47. The maximum absolute atomic E-state index is 12.6. The van der Waals surface area contributed by atoms with Gasteiger partial charge in [0.25, 0.3) is 5.56 Å². The molecule has 0 radical (unpaired) electrons. The van der Waals surface area contributed by atoms with Gasteiger partial charge in [-0.15, -0.1) is 0 Å². The average Bonchev–Trinajstić information content (AvgIpc) is 3.21. The summed E-state index contributed by atoms with van der Waals surface area (Å²) in [7, 11) is 1.80. The highest BCUT2D eigenvalue weighted by atomic mass is 32.1. The molecular formula is C15H15N5OS. The summed E-state index contributed by atoms with van der Waals surface area (Å²) in [6.07, 6.45) is 3.81. The number of nitrogens with zero attached hydrogens (tertiary/aromatic N) is 5. The van der Waals surface area contributed by atoms with Crippen LogP contribution in [-0.4, -0.2) is 24.8 Å². The zero-order chi connectivity index (χ0) is 15.1. The van der Waals surface area contributed by atoms with E-state index in [1.54, 1.807) is 17.8 Å². The van der Waals surface area contributed by atoms with E-state index < -0.39 is 0 Å². The Balaban J connectivity index is 1.87. The van der Waals surface area contributed by atoms with Crippen LogP contribution in [0.5, 0.6) is 0 Å². The van der Waals surface area contributed by atoms with E-state index in [0.717, 1.165) is 36.5 Å². The monoisotopic (exact) mass is 313 g/mol. The molecule has 0 bridgehead atoms. The molecule has 1 atom stereocenters. The molecule has 6 nitrogen and oxygen atoms in total. The maximum Gasteiger partial charge on any atom is 0.261 e. The fraction of sp³-hybridized carbons (Fsp3) is 0.333. The summed E-state index contributed by atoms with van der Waals surface area (Å²) >= 11 is 1.20. The molecule has 0 N–H and O–H groups in total. The van der Waals surface area contributed by atoms with Gasteiger partial charge in [-0.25, -0.2) is 4.98 Å². The van der Waals surface area contributed by atoms with Crippen molar-refractivity contribution in [3.05, 3.63) is 46.6 Å². The van der Waals surface area contributed by atoms with Crippen LogP contribution in [0.2, 0.25) is 0 Å². The van der Waals surface area contributed by atoms with Crippen LogP contribution in [0, 0.1) is 0 Å². The lowest BCUT2D eigenvalue weighted by Crippen LogP contribution is -2.30. The minimum Gasteiger partial charge on any atom is -0.344 e. The number of hydrogen-bond acceptors (Lipinski definition) is 6. The normalized spacial score (nSPS) is 18.2. The van der Waals surface area contributed by atoms with Gasteiger partial charge in [0.15, 0.2) is 5.82 Å². The summed E-state index contributed by atoms with van der Waals surface area (Å²) in [6.45, 7) is 0.915. The molecule has 1 unspecified atom stereocenters. The molecule has 2 aromatic heterocycles. The third kappa shape index (κ3) is 2.00. The zero-order valence-electron chi connectivity index (χ0n) is 12.1. The van der Waals surface area contributed by atoms with Gasteiger partial charge in [-0.05, 0) is 25.0 Å². The van der Waals surface area contributed by atoms with Crippen LogP contribution in [0.15, 0.2) is 35.3 Å². The molecule has 1 fully saturated rings. The minimum absolute atomic E-state index is 0.00357. The average molecular weight is 313 g/mol. The summed E-state index contributed by atoms with van der Waals surface area (Å²) in [5.41, 5.74) is 0.757. The van der Waals surface area contributed by atoms with E-state index in [2.05, 4.69) is 13.6 Å². The van der Waals surface area contributed by atoms with Gasteiger partial charge in [0.05, 0.1) is 34.9 Å². The Hall–Kier alpha value is -2.28. The van der Waals surface area contributed by atoms with Crippen molar-refractivity contribution in [1.29, 1.82) is 0 Å². The van der Waals surface area contributed by atoms with E-state index in [0.29, 0.717) is 5.39 Å². The van der Waals surface area contributed by atoms with E-state index in [1.165, 1.54) is 11.7 Å². The molecule has 1 aliphatic heterocycles. The topological polar surface area (TPSA) is 63.9 Å². The Labute approximate surface area is 131 Å². The lowest BCUT2D eigenvalue weighted by Gasteiger charge is -2.25. The second-order valence-corrected chi connectivity index (χ2v) is 6.03. The van der Waals surface area contributed by atoms with Crippen LogP contribution in [0.3, 0.4) is 0 Å². The van der Waals surface area contributed by atoms with Crippen molar-refractivity contribution in [3.63, 3.8) is 0 Å². The van der Waals surface area contributed by atoms with Crippen LogP contribution in [0.25, 0.3) is 10.9 Å². The van der Waals surface area contributed by atoms with Gasteiger partial charge in [0.2, 0.25) is 0 Å². The van der Waals surface area contributed by atoms with Crippen LogP contribution in [0.4, 0.5) is 5.82 Å². The number of fused-ring (bicyclic) bond motifs is 1. The smallest absolute Gasteiger partial charge is 0.261 e. The summed E-state index contributed by atoms with van der Waals surface area (Å²) in [6, 6.07) is 7.57. The Morgan fingerprint density at radius 3 is 3.00 bits per heavy atom. The van der Waals surface area contributed by atoms with Gasteiger partial charge in [-0.3, -0.25) is 9.36 Å². The predicted octanol–water partition coefficient (Wildman–Crippen LogP) is 2.13. The molecule has 3 aromatic rings. The third-order valence-corrected chi connectivity index (χ3v) is 4.68. The van der Waals surface area contributed by atoms with Crippen LogP contribution < -0.4 is 10.5 Å². The van der Waals surface area contributed by atoms with Gasteiger partial charge in [-0.1, -0.05) is 12.1 Å². The highest BCUT2D eigenvalue weighted by molar-refractivity contribution is 6.99. The van der Waals surface area contributed by atoms with Crippen molar-refractivity contribution in [2.24, 2.45) is 7.05 Å². The number of benzene rings is 1. The summed E-state index contributed by atoms with van der Waals surface area (Å²) in [5.74, 6) is 1.67. The first-order valence-corrected chi connectivity index (χ1v) is 7.98.